The lowest BCUT2D eigenvalue weighted by Crippen LogP contribution is -2.21. The van der Waals surface area contributed by atoms with E-state index in [9.17, 15) is 0 Å². The second-order valence-electron chi connectivity index (χ2n) is 7.79. The lowest BCUT2D eigenvalue weighted by Gasteiger charge is -2.34. The van der Waals surface area contributed by atoms with Gasteiger partial charge in [-0.3, -0.25) is 0 Å². The van der Waals surface area contributed by atoms with E-state index < -0.39 is 0 Å². The molecule has 0 atom stereocenters. The Bertz CT molecular complexity index is 194. The summed E-state index contributed by atoms with van der Waals surface area (Å²) in [5, 5.41) is 0. The molecule has 0 aliphatic rings. The standard InChI is InChI=1S/C19H40/c1-7-10-13-18(4,5)16-17-19(6,14-11-8-2)15-12-9-3/h7-17H2,1-6H3. The third-order valence-corrected chi connectivity index (χ3v) is 4.88. The van der Waals surface area contributed by atoms with Crippen LogP contribution in [0.5, 0.6) is 0 Å². The first-order valence-corrected chi connectivity index (χ1v) is 8.89. The largest absolute Gasteiger partial charge is 0.0654 e. The predicted octanol–water partition coefficient (Wildman–Crippen LogP) is 7.37. The molecule has 0 aromatic rings. The minimum absolute atomic E-state index is 0.551. The van der Waals surface area contributed by atoms with Crippen molar-refractivity contribution < 1.29 is 0 Å². The van der Waals surface area contributed by atoms with Crippen LogP contribution >= 0.6 is 0 Å². The van der Waals surface area contributed by atoms with Gasteiger partial charge in [-0.25, -0.2) is 0 Å². The van der Waals surface area contributed by atoms with Crippen LogP contribution in [-0.2, 0) is 0 Å². The molecule has 0 aromatic carbocycles. The van der Waals surface area contributed by atoms with Gasteiger partial charge in [-0.05, 0) is 42.9 Å². The van der Waals surface area contributed by atoms with E-state index in [1.165, 1.54) is 70.6 Å². The molecule has 0 N–H and O–H groups in total. The summed E-state index contributed by atoms with van der Waals surface area (Å²) >= 11 is 0. The first-order valence-electron chi connectivity index (χ1n) is 8.89. The average Bonchev–Trinajstić information content (AvgIpc) is 2.39. The van der Waals surface area contributed by atoms with Crippen LogP contribution in [0, 0.1) is 10.8 Å². The molecule has 0 rings (SSSR count). The summed E-state index contributed by atoms with van der Waals surface area (Å²) < 4.78 is 0. The van der Waals surface area contributed by atoms with Crippen molar-refractivity contribution in [1.29, 1.82) is 0 Å². The third kappa shape index (κ3) is 9.52. The SMILES string of the molecule is CCCCC(C)(C)CCC(C)(CCCC)CCCC. The predicted molar refractivity (Wildman–Crippen MR) is 89.7 cm³/mol. The first kappa shape index (κ1) is 19.0. The van der Waals surface area contributed by atoms with E-state index >= 15 is 0 Å². The maximum atomic E-state index is 2.55. The Morgan fingerprint density at radius 3 is 1.37 bits per heavy atom. The molecule has 116 valence electrons. The van der Waals surface area contributed by atoms with Gasteiger partial charge in [0.05, 0.1) is 0 Å². The fourth-order valence-electron chi connectivity index (χ4n) is 3.00. The zero-order chi connectivity index (χ0) is 14.8. The molecule has 0 saturated carbocycles. The van der Waals surface area contributed by atoms with Crippen LogP contribution in [0.3, 0.4) is 0 Å². The van der Waals surface area contributed by atoms with Gasteiger partial charge < -0.3 is 0 Å². The second kappa shape index (κ2) is 9.83. The molecule has 0 saturated heterocycles. The van der Waals surface area contributed by atoms with Crippen molar-refractivity contribution in [1.82, 2.24) is 0 Å². The smallest absolute Gasteiger partial charge is 0.0326 e. The van der Waals surface area contributed by atoms with E-state index in [4.69, 9.17) is 0 Å². The minimum Gasteiger partial charge on any atom is -0.0654 e. The van der Waals surface area contributed by atoms with Gasteiger partial charge in [0.2, 0.25) is 0 Å². The molecule has 0 bridgehead atoms. The molecule has 0 unspecified atom stereocenters. The number of hydrogen-bond acceptors (Lipinski definition) is 0. The summed E-state index contributed by atoms with van der Waals surface area (Å²) in [5.74, 6) is 0. The van der Waals surface area contributed by atoms with Gasteiger partial charge in [0.15, 0.2) is 0 Å². The maximum Gasteiger partial charge on any atom is -0.0326 e. The molecule has 0 aliphatic carbocycles. The highest BCUT2D eigenvalue weighted by atomic mass is 14.3. The molecule has 19 heavy (non-hydrogen) atoms. The Kier molecular flexibility index (Phi) is 9.83. The van der Waals surface area contributed by atoms with Crippen LogP contribution < -0.4 is 0 Å². The third-order valence-electron chi connectivity index (χ3n) is 4.88. The monoisotopic (exact) mass is 268 g/mol. The van der Waals surface area contributed by atoms with E-state index in [2.05, 4.69) is 41.5 Å². The Morgan fingerprint density at radius 1 is 0.526 bits per heavy atom. The topological polar surface area (TPSA) is 0 Å². The van der Waals surface area contributed by atoms with Crippen LogP contribution in [0.1, 0.15) is 112 Å². The highest BCUT2D eigenvalue weighted by Crippen LogP contribution is 2.40. The van der Waals surface area contributed by atoms with Gasteiger partial charge in [0.25, 0.3) is 0 Å². The summed E-state index contributed by atoms with van der Waals surface area (Å²) in [5.41, 5.74) is 1.16. The normalized spacial score (nSPS) is 12.9. The number of hydrogen-bond donors (Lipinski definition) is 0. The van der Waals surface area contributed by atoms with Gasteiger partial charge >= 0.3 is 0 Å². The minimum atomic E-state index is 0.551. The van der Waals surface area contributed by atoms with Crippen molar-refractivity contribution in [3.8, 4) is 0 Å². The summed E-state index contributed by atoms with van der Waals surface area (Å²) in [7, 11) is 0. The van der Waals surface area contributed by atoms with Crippen molar-refractivity contribution in [2.75, 3.05) is 0 Å². The van der Waals surface area contributed by atoms with E-state index in [0.29, 0.717) is 10.8 Å². The summed E-state index contributed by atoms with van der Waals surface area (Å²) in [6, 6.07) is 0. The number of unbranched alkanes of at least 4 members (excludes halogenated alkanes) is 3. The maximum absolute atomic E-state index is 2.55. The van der Waals surface area contributed by atoms with Crippen LogP contribution in [0.25, 0.3) is 0 Å². The Hall–Kier alpha value is 0. The van der Waals surface area contributed by atoms with E-state index in [-0.39, 0.29) is 0 Å². The van der Waals surface area contributed by atoms with Crippen LogP contribution in [0.15, 0.2) is 0 Å². The van der Waals surface area contributed by atoms with Gasteiger partial charge in [-0.15, -0.1) is 0 Å². The fourth-order valence-corrected chi connectivity index (χ4v) is 3.00. The van der Waals surface area contributed by atoms with Crippen molar-refractivity contribution in [2.24, 2.45) is 10.8 Å². The average molecular weight is 269 g/mol. The van der Waals surface area contributed by atoms with Crippen LogP contribution in [0.4, 0.5) is 0 Å². The molecular formula is C19H40. The molecule has 0 heterocycles. The Balaban J connectivity index is 4.29. The van der Waals surface area contributed by atoms with E-state index in [1.807, 2.05) is 0 Å². The lowest BCUT2D eigenvalue weighted by molar-refractivity contribution is 0.178. The molecule has 0 heteroatoms. The quantitative estimate of drug-likeness (QED) is 0.346. The molecule has 0 spiro atoms. The molecule has 0 aromatic heterocycles. The summed E-state index contributed by atoms with van der Waals surface area (Å²) in [6.07, 6.45) is 15.4. The van der Waals surface area contributed by atoms with Crippen molar-refractivity contribution >= 4 is 0 Å². The highest BCUT2D eigenvalue weighted by Gasteiger charge is 2.26. The zero-order valence-electron chi connectivity index (χ0n) is 14.8. The van der Waals surface area contributed by atoms with Gasteiger partial charge in [-0.1, -0.05) is 80.1 Å². The summed E-state index contributed by atoms with van der Waals surface area (Å²) in [4.78, 5) is 0. The fraction of sp³-hybridized carbons (Fsp3) is 1.00. The second-order valence-corrected chi connectivity index (χ2v) is 7.79. The molecule has 0 amide bonds. The van der Waals surface area contributed by atoms with Crippen molar-refractivity contribution in [3.63, 3.8) is 0 Å². The molecular weight excluding hydrogens is 228 g/mol. The lowest BCUT2D eigenvalue weighted by atomic mass is 9.71. The molecule has 0 nitrogen and oxygen atoms in total. The Labute approximate surface area is 123 Å². The molecule has 0 radical (unpaired) electrons. The van der Waals surface area contributed by atoms with Gasteiger partial charge in [0, 0.05) is 0 Å². The van der Waals surface area contributed by atoms with E-state index in [0.717, 1.165) is 0 Å². The molecule has 0 fully saturated rings. The van der Waals surface area contributed by atoms with Crippen LogP contribution in [-0.4, -0.2) is 0 Å². The zero-order valence-corrected chi connectivity index (χ0v) is 14.8. The highest BCUT2D eigenvalue weighted by molar-refractivity contribution is 4.79. The summed E-state index contributed by atoms with van der Waals surface area (Å²) in [6.45, 7) is 14.5. The van der Waals surface area contributed by atoms with Crippen LogP contribution in [0.2, 0.25) is 0 Å². The van der Waals surface area contributed by atoms with Crippen molar-refractivity contribution in [2.45, 2.75) is 112 Å². The van der Waals surface area contributed by atoms with E-state index in [1.54, 1.807) is 0 Å². The number of rotatable bonds is 12. The van der Waals surface area contributed by atoms with Gasteiger partial charge in [-0.2, -0.15) is 0 Å². The molecule has 0 aliphatic heterocycles. The van der Waals surface area contributed by atoms with Crippen molar-refractivity contribution in [3.05, 3.63) is 0 Å². The van der Waals surface area contributed by atoms with Gasteiger partial charge in [0.1, 0.15) is 0 Å². The first-order chi connectivity index (χ1) is 8.89. The Morgan fingerprint density at radius 2 is 0.947 bits per heavy atom.